The number of nitrogens with zero attached hydrogens (tertiary/aromatic N) is 1. The zero-order valence-corrected chi connectivity index (χ0v) is 18.0. The van der Waals surface area contributed by atoms with Crippen LogP contribution in [0.2, 0.25) is 0 Å². The Labute approximate surface area is 183 Å². The molecule has 0 aliphatic carbocycles. The molecule has 3 nitrogen and oxygen atoms in total. The Morgan fingerprint density at radius 1 is 0.581 bits per heavy atom. The smallest absolute Gasteiger partial charge is 0.207 e. The average molecular weight is 426 g/mol. The predicted octanol–water partition coefficient (Wildman–Crippen LogP) is 5.88. The van der Waals surface area contributed by atoms with E-state index in [-0.39, 0.29) is 0 Å². The molecule has 0 fully saturated rings. The lowest BCUT2D eigenvalue weighted by Gasteiger charge is -2.30. The van der Waals surface area contributed by atoms with Crippen LogP contribution >= 0.6 is 0 Å². The highest BCUT2D eigenvalue weighted by atomic mass is 32.2. The van der Waals surface area contributed by atoms with Crippen molar-refractivity contribution < 1.29 is 8.42 Å². The van der Waals surface area contributed by atoms with Crippen LogP contribution in [0.4, 0.5) is 0 Å². The standard InChI is InChI=1S/C27H23NO2S/c1-20-16-18-23(19-17-20)31(29,30)28-26(21-10-4-2-5-11-21)24-14-8-9-15-25(24)27(28)22-12-6-3-7-13-22/h2-19,26-27H,1H3. The summed E-state index contributed by atoms with van der Waals surface area (Å²) in [6.07, 6.45) is 0. The molecule has 154 valence electrons. The first-order valence-electron chi connectivity index (χ1n) is 10.4. The van der Waals surface area contributed by atoms with Crippen molar-refractivity contribution in [3.05, 3.63) is 137 Å². The fourth-order valence-corrected chi connectivity index (χ4v) is 6.21. The van der Waals surface area contributed by atoms with Crippen molar-refractivity contribution in [3.8, 4) is 0 Å². The van der Waals surface area contributed by atoms with Crippen LogP contribution in [0.15, 0.2) is 114 Å². The van der Waals surface area contributed by atoms with Gasteiger partial charge < -0.3 is 0 Å². The molecule has 31 heavy (non-hydrogen) atoms. The van der Waals surface area contributed by atoms with Gasteiger partial charge in [-0.3, -0.25) is 0 Å². The third-order valence-electron chi connectivity index (χ3n) is 5.92. The van der Waals surface area contributed by atoms with E-state index >= 15 is 0 Å². The molecule has 0 bridgehead atoms. The molecule has 4 aromatic rings. The lowest BCUT2D eigenvalue weighted by atomic mass is 9.95. The van der Waals surface area contributed by atoms with Crippen molar-refractivity contribution in [2.24, 2.45) is 0 Å². The van der Waals surface area contributed by atoms with Crippen molar-refractivity contribution in [3.63, 3.8) is 0 Å². The van der Waals surface area contributed by atoms with Crippen molar-refractivity contribution in [2.75, 3.05) is 0 Å². The lowest BCUT2D eigenvalue weighted by molar-refractivity contribution is 0.347. The third kappa shape index (κ3) is 3.38. The van der Waals surface area contributed by atoms with Crippen LogP contribution in [-0.4, -0.2) is 12.7 Å². The summed E-state index contributed by atoms with van der Waals surface area (Å²) in [6, 6.07) is 34.2. The Bertz CT molecular complexity index is 1230. The van der Waals surface area contributed by atoms with Gasteiger partial charge in [0.15, 0.2) is 0 Å². The predicted molar refractivity (Wildman–Crippen MR) is 123 cm³/mol. The Hall–Kier alpha value is -3.21. The molecule has 1 aliphatic heterocycles. The quantitative estimate of drug-likeness (QED) is 0.410. The maximum Gasteiger partial charge on any atom is 0.244 e. The number of aryl methyl sites for hydroxylation is 1. The molecule has 0 aromatic heterocycles. The minimum atomic E-state index is -3.78. The second kappa shape index (κ2) is 7.80. The summed E-state index contributed by atoms with van der Waals surface area (Å²) in [4.78, 5) is 0.313. The summed E-state index contributed by atoms with van der Waals surface area (Å²) < 4.78 is 29.9. The van der Waals surface area contributed by atoms with Gasteiger partial charge in [0.05, 0.1) is 17.0 Å². The normalized spacial score (nSPS) is 18.6. The fraction of sp³-hybridized carbons (Fsp3) is 0.111. The molecular formula is C27H23NO2S. The second-order valence-corrected chi connectivity index (χ2v) is 9.75. The molecule has 4 heteroatoms. The molecule has 0 radical (unpaired) electrons. The van der Waals surface area contributed by atoms with Gasteiger partial charge in [-0.05, 0) is 41.3 Å². The first-order valence-corrected chi connectivity index (χ1v) is 11.8. The number of sulfonamides is 1. The minimum absolute atomic E-state index is 0.313. The molecule has 5 rings (SSSR count). The van der Waals surface area contributed by atoms with Crippen LogP contribution in [0.3, 0.4) is 0 Å². The summed E-state index contributed by atoms with van der Waals surface area (Å²) in [5, 5.41) is 0. The Kier molecular flexibility index (Phi) is 4.97. The van der Waals surface area contributed by atoms with E-state index in [9.17, 15) is 8.42 Å². The van der Waals surface area contributed by atoms with E-state index in [1.807, 2.05) is 104 Å². The van der Waals surface area contributed by atoms with E-state index in [1.165, 1.54) is 0 Å². The number of rotatable bonds is 4. The molecule has 1 aliphatic rings. The van der Waals surface area contributed by atoms with Crippen LogP contribution in [-0.2, 0) is 10.0 Å². The van der Waals surface area contributed by atoms with Gasteiger partial charge in [-0.25, -0.2) is 8.42 Å². The molecular weight excluding hydrogens is 402 g/mol. The average Bonchev–Trinajstić information content (AvgIpc) is 3.17. The largest absolute Gasteiger partial charge is 0.244 e. The molecule has 0 spiro atoms. The van der Waals surface area contributed by atoms with Crippen molar-refractivity contribution in [2.45, 2.75) is 23.9 Å². The molecule has 2 atom stereocenters. The Morgan fingerprint density at radius 2 is 1.00 bits per heavy atom. The van der Waals surface area contributed by atoms with Crippen LogP contribution in [0.5, 0.6) is 0 Å². The van der Waals surface area contributed by atoms with Gasteiger partial charge in [0.1, 0.15) is 0 Å². The van der Waals surface area contributed by atoms with Crippen molar-refractivity contribution in [1.29, 1.82) is 0 Å². The maximum atomic E-state index is 14.1. The van der Waals surface area contributed by atoms with Gasteiger partial charge in [0, 0.05) is 0 Å². The zero-order valence-electron chi connectivity index (χ0n) is 17.2. The van der Waals surface area contributed by atoms with Gasteiger partial charge in [0.25, 0.3) is 0 Å². The summed E-state index contributed by atoms with van der Waals surface area (Å²) >= 11 is 0. The molecule has 0 saturated carbocycles. The first kappa shape index (κ1) is 19.7. The third-order valence-corrected chi connectivity index (χ3v) is 7.77. The van der Waals surface area contributed by atoms with Gasteiger partial charge in [-0.1, -0.05) is 103 Å². The summed E-state index contributed by atoms with van der Waals surface area (Å²) in [7, 11) is -3.78. The zero-order chi connectivity index (χ0) is 21.4. The van der Waals surface area contributed by atoms with Crippen LogP contribution in [0.25, 0.3) is 0 Å². The summed E-state index contributed by atoms with van der Waals surface area (Å²) in [6.45, 7) is 1.96. The van der Waals surface area contributed by atoms with Gasteiger partial charge >= 0.3 is 0 Å². The monoisotopic (exact) mass is 425 g/mol. The van der Waals surface area contributed by atoms with E-state index < -0.39 is 22.1 Å². The number of benzene rings is 4. The molecule has 0 amide bonds. The van der Waals surface area contributed by atoms with E-state index in [0.29, 0.717) is 4.90 Å². The van der Waals surface area contributed by atoms with Crippen molar-refractivity contribution in [1.82, 2.24) is 4.31 Å². The van der Waals surface area contributed by atoms with Crippen LogP contribution < -0.4 is 0 Å². The van der Waals surface area contributed by atoms with Gasteiger partial charge in [-0.15, -0.1) is 0 Å². The molecule has 4 aromatic carbocycles. The topological polar surface area (TPSA) is 37.4 Å². The SMILES string of the molecule is Cc1ccc(S(=O)(=O)N2C(c3ccccc3)c3ccccc3C2c2ccccc2)cc1. The summed E-state index contributed by atoms with van der Waals surface area (Å²) in [5.74, 6) is 0. The van der Waals surface area contributed by atoms with Crippen LogP contribution in [0, 0.1) is 6.92 Å². The second-order valence-electron chi connectivity index (χ2n) is 7.90. The summed E-state index contributed by atoms with van der Waals surface area (Å²) in [5.41, 5.74) is 5.01. The van der Waals surface area contributed by atoms with E-state index in [2.05, 4.69) is 0 Å². The number of hydrogen-bond acceptors (Lipinski definition) is 2. The lowest BCUT2D eigenvalue weighted by Crippen LogP contribution is -2.34. The number of fused-ring (bicyclic) bond motifs is 1. The highest BCUT2D eigenvalue weighted by Gasteiger charge is 2.46. The molecule has 1 heterocycles. The highest BCUT2D eigenvalue weighted by molar-refractivity contribution is 7.89. The van der Waals surface area contributed by atoms with E-state index in [1.54, 1.807) is 16.4 Å². The molecule has 2 unspecified atom stereocenters. The molecule has 0 saturated heterocycles. The van der Waals surface area contributed by atoms with E-state index in [4.69, 9.17) is 0 Å². The Balaban J connectivity index is 1.78. The molecule has 0 N–H and O–H groups in total. The minimum Gasteiger partial charge on any atom is -0.207 e. The van der Waals surface area contributed by atoms with Crippen molar-refractivity contribution >= 4 is 10.0 Å². The number of hydrogen-bond donors (Lipinski definition) is 0. The van der Waals surface area contributed by atoms with E-state index in [0.717, 1.165) is 27.8 Å². The highest BCUT2D eigenvalue weighted by Crippen LogP contribution is 2.50. The first-order chi connectivity index (χ1) is 15.1. The van der Waals surface area contributed by atoms with Crippen LogP contribution in [0.1, 0.15) is 39.9 Å². The van der Waals surface area contributed by atoms with Gasteiger partial charge in [0.2, 0.25) is 10.0 Å². The maximum absolute atomic E-state index is 14.1. The fourth-order valence-electron chi connectivity index (χ4n) is 4.47. The van der Waals surface area contributed by atoms with Gasteiger partial charge in [-0.2, -0.15) is 4.31 Å². The Morgan fingerprint density at radius 3 is 1.45 bits per heavy atom.